The molecule has 0 radical (unpaired) electrons. The lowest BCUT2D eigenvalue weighted by Gasteiger charge is -2.28. The number of fused-ring (bicyclic) bond motifs is 2. The molecule has 0 amide bonds. The van der Waals surface area contributed by atoms with E-state index in [1.165, 1.54) is 11.9 Å². The number of nitrogens with two attached hydrogens (primary N) is 1. The van der Waals surface area contributed by atoms with Crippen LogP contribution in [0.3, 0.4) is 0 Å². The van der Waals surface area contributed by atoms with E-state index >= 15 is 0 Å². The van der Waals surface area contributed by atoms with Crippen LogP contribution in [0.15, 0.2) is 36.8 Å². The smallest absolute Gasteiger partial charge is 0.143 e. The van der Waals surface area contributed by atoms with E-state index in [2.05, 4.69) is 16.0 Å². The maximum absolute atomic E-state index is 10.5. The van der Waals surface area contributed by atoms with Gasteiger partial charge in [-0.05, 0) is 44.4 Å². The average molecular weight is 396 g/mol. The second-order valence-corrected chi connectivity index (χ2v) is 7.86. The number of rotatable bonds is 7. The van der Waals surface area contributed by atoms with Crippen molar-refractivity contribution in [2.45, 2.75) is 57.4 Å². The van der Waals surface area contributed by atoms with Gasteiger partial charge in [-0.3, -0.25) is 0 Å². The number of aryl methyl sites for hydroxylation is 2. The Bertz CT molecular complexity index is 1000. The molecule has 4 atom stereocenters. The lowest BCUT2D eigenvalue weighted by Crippen LogP contribution is -2.31. The Labute approximate surface area is 170 Å². The number of ether oxygens (including phenoxy) is 1. The Morgan fingerprint density at radius 1 is 1.31 bits per heavy atom. The van der Waals surface area contributed by atoms with Crippen LogP contribution in [0.2, 0.25) is 0 Å². The van der Waals surface area contributed by atoms with E-state index in [0.29, 0.717) is 6.42 Å². The van der Waals surface area contributed by atoms with E-state index in [9.17, 15) is 10.2 Å². The second-order valence-electron chi connectivity index (χ2n) is 7.86. The van der Waals surface area contributed by atoms with Crippen LogP contribution in [0, 0.1) is 6.92 Å². The zero-order valence-corrected chi connectivity index (χ0v) is 16.8. The zero-order valence-electron chi connectivity index (χ0n) is 16.8. The first kappa shape index (κ1) is 19.8. The number of hydrogen-bond acceptors (Lipinski definition) is 6. The van der Waals surface area contributed by atoms with Crippen LogP contribution < -0.4 is 10.5 Å². The number of nitrogens with zero attached hydrogens (tertiary/aromatic N) is 3. The van der Waals surface area contributed by atoms with Gasteiger partial charge in [0.1, 0.15) is 23.8 Å². The van der Waals surface area contributed by atoms with Crippen LogP contribution in [-0.4, -0.2) is 43.6 Å². The first-order valence-corrected chi connectivity index (χ1v) is 10.1. The SMILES string of the molecule is Cc1ncnc2c1ccn2C(CC(CO)Oc1cccc2c1C(N)CC2)[C@@H](C)O. The minimum Gasteiger partial charge on any atom is -0.488 e. The summed E-state index contributed by atoms with van der Waals surface area (Å²) >= 11 is 0. The topological polar surface area (TPSA) is 106 Å². The maximum atomic E-state index is 10.5. The molecule has 29 heavy (non-hydrogen) atoms. The van der Waals surface area contributed by atoms with Gasteiger partial charge >= 0.3 is 0 Å². The Balaban J connectivity index is 1.61. The number of hydrogen-bond donors (Lipinski definition) is 3. The summed E-state index contributed by atoms with van der Waals surface area (Å²) in [4.78, 5) is 8.64. The van der Waals surface area contributed by atoms with Gasteiger partial charge in [0, 0.05) is 29.6 Å². The van der Waals surface area contributed by atoms with E-state index in [1.807, 2.05) is 35.9 Å². The van der Waals surface area contributed by atoms with Crippen molar-refractivity contribution in [2.24, 2.45) is 5.73 Å². The predicted octanol–water partition coefficient (Wildman–Crippen LogP) is 2.44. The lowest BCUT2D eigenvalue weighted by atomic mass is 10.0. The summed E-state index contributed by atoms with van der Waals surface area (Å²) in [6.07, 6.45) is 4.60. The van der Waals surface area contributed by atoms with Gasteiger partial charge in [-0.15, -0.1) is 0 Å². The molecule has 2 aromatic heterocycles. The number of aliphatic hydroxyl groups excluding tert-OH is 2. The predicted molar refractivity (Wildman–Crippen MR) is 111 cm³/mol. The highest BCUT2D eigenvalue weighted by Crippen LogP contribution is 2.37. The van der Waals surface area contributed by atoms with Crippen LogP contribution in [-0.2, 0) is 6.42 Å². The fraction of sp³-hybridized carbons (Fsp3) is 0.455. The quantitative estimate of drug-likeness (QED) is 0.566. The molecule has 2 heterocycles. The zero-order chi connectivity index (χ0) is 20.5. The number of aliphatic hydroxyl groups is 2. The van der Waals surface area contributed by atoms with Gasteiger partial charge in [0.15, 0.2) is 0 Å². The molecule has 7 heteroatoms. The van der Waals surface area contributed by atoms with Crippen molar-refractivity contribution < 1.29 is 14.9 Å². The van der Waals surface area contributed by atoms with Crippen molar-refractivity contribution >= 4 is 11.0 Å². The minimum atomic E-state index is -0.651. The molecule has 4 N–H and O–H groups in total. The summed E-state index contributed by atoms with van der Waals surface area (Å²) in [6, 6.07) is 7.57. The van der Waals surface area contributed by atoms with Crippen molar-refractivity contribution in [3.05, 3.63) is 53.6 Å². The van der Waals surface area contributed by atoms with E-state index in [4.69, 9.17) is 10.5 Å². The van der Waals surface area contributed by atoms with Crippen LogP contribution in [0.5, 0.6) is 5.75 Å². The molecule has 3 aromatic rings. The highest BCUT2D eigenvalue weighted by atomic mass is 16.5. The molecule has 0 bridgehead atoms. The fourth-order valence-corrected chi connectivity index (χ4v) is 4.30. The summed E-state index contributed by atoms with van der Waals surface area (Å²) < 4.78 is 8.15. The third-order valence-electron chi connectivity index (χ3n) is 5.88. The Hall–Kier alpha value is -2.48. The standard InChI is InChI=1S/C22H28N4O3/c1-13-17-8-9-26(22(17)25-12-24-13)19(14(2)28)10-16(11-27)29-20-5-3-4-15-6-7-18(23)21(15)20/h3-5,8-9,12,14,16,18-19,27-28H,6-7,10-11,23H2,1-2H3/t14-,16?,18?,19?/m1/s1. The lowest BCUT2D eigenvalue weighted by molar-refractivity contribution is 0.0583. The third-order valence-corrected chi connectivity index (χ3v) is 5.88. The van der Waals surface area contributed by atoms with Crippen LogP contribution in [0.1, 0.15) is 48.7 Å². The normalized spacial score (nSPS) is 19.1. The van der Waals surface area contributed by atoms with Gasteiger partial charge in [0.05, 0.1) is 24.4 Å². The molecular weight excluding hydrogens is 368 g/mol. The minimum absolute atomic E-state index is 0.0406. The highest BCUT2D eigenvalue weighted by Gasteiger charge is 2.28. The van der Waals surface area contributed by atoms with E-state index in [1.54, 1.807) is 6.92 Å². The number of benzene rings is 1. The Morgan fingerprint density at radius 3 is 2.90 bits per heavy atom. The van der Waals surface area contributed by atoms with Gasteiger partial charge in [0.2, 0.25) is 0 Å². The third kappa shape index (κ3) is 3.73. The summed E-state index contributed by atoms with van der Waals surface area (Å²) in [5, 5.41) is 21.5. The highest BCUT2D eigenvalue weighted by molar-refractivity contribution is 5.78. The summed E-state index contributed by atoms with van der Waals surface area (Å²) in [5.41, 5.74) is 10.2. The molecule has 7 nitrogen and oxygen atoms in total. The van der Waals surface area contributed by atoms with Crippen molar-refractivity contribution in [3.8, 4) is 5.75 Å². The molecular formula is C22H28N4O3. The largest absolute Gasteiger partial charge is 0.488 e. The fourth-order valence-electron chi connectivity index (χ4n) is 4.30. The van der Waals surface area contributed by atoms with Crippen molar-refractivity contribution in [1.82, 2.24) is 14.5 Å². The van der Waals surface area contributed by atoms with Crippen LogP contribution >= 0.6 is 0 Å². The van der Waals surface area contributed by atoms with Crippen molar-refractivity contribution in [1.29, 1.82) is 0 Å². The molecule has 3 unspecified atom stereocenters. The molecule has 1 aliphatic rings. The molecule has 0 aliphatic heterocycles. The van der Waals surface area contributed by atoms with Gasteiger partial charge < -0.3 is 25.3 Å². The molecule has 0 fully saturated rings. The first-order chi connectivity index (χ1) is 14.0. The van der Waals surface area contributed by atoms with Gasteiger partial charge in [0.25, 0.3) is 0 Å². The average Bonchev–Trinajstić information content (AvgIpc) is 3.30. The molecule has 1 aromatic carbocycles. The molecule has 154 valence electrons. The number of aromatic nitrogens is 3. The Kier molecular flexibility index (Phi) is 5.54. The molecule has 0 spiro atoms. The monoisotopic (exact) mass is 396 g/mol. The van der Waals surface area contributed by atoms with Crippen molar-refractivity contribution in [2.75, 3.05) is 6.61 Å². The second kappa shape index (κ2) is 8.10. The van der Waals surface area contributed by atoms with E-state index < -0.39 is 12.2 Å². The summed E-state index contributed by atoms with van der Waals surface area (Å²) in [6.45, 7) is 3.52. The van der Waals surface area contributed by atoms with Crippen LogP contribution in [0.4, 0.5) is 0 Å². The van der Waals surface area contributed by atoms with Gasteiger partial charge in [-0.25, -0.2) is 9.97 Å². The molecule has 0 saturated heterocycles. The van der Waals surface area contributed by atoms with Crippen molar-refractivity contribution in [3.63, 3.8) is 0 Å². The van der Waals surface area contributed by atoms with E-state index in [0.717, 1.165) is 40.9 Å². The van der Waals surface area contributed by atoms with Crippen LogP contribution in [0.25, 0.3) is 11.0 Å². The maximum Gasteiger partial charge on any atom is 0.143 e. The van der Waals surface area contributed by atoms with Gasteiger partial charge in [-0.2, -0.15) is 0 Å². The van der Waals surface area contributed by atoms with E-state index in [-0.39, 0.29) is 18.7 Å². The molecule has 1 aliphatic carbocycles. The molecule has 0 saturated carbocycles. The summed E-state index contributed by atoms with van der Waals surface area (Å²) in [5.74, 6) is 0.728. The first-order valence-electron chi connectivity index (χ1n) is 10.1. The molecule has 4 rings (SSSR count). The van der Waals surface area contributed by atoms with Gasteiger partial charge in [-0.1, -0.05) is 12.1 Å². The Morgan fingerprint density at radius 2 is 2.14 bits per heavy atom. The summed E-state index contributed by atoms with van der Waals surface area (Å²) in [7, 11) is 0.